The van der Waals surface area contributed by atoms with Crippen LogP contribution < -0.4 is 95.4 Å². The van der Waals surface area contributed by atoms with Gasteiger partial charge in [-0.15, -0.1) is 0 Å². The van der Waals surface area contributed by atoms with Gasteiger partial charge in [0.25, 0.3) is 0 Å². The Bertz CT molecular complexity index is 354. The SMILES string of the molecule is [Co+2].[K+].[Li+].[Ni+2].[O]=[Mn](=[O])([O-])[O-].[O]=[Mn](=[O])([O-])[O-].[O]=[Mn](=[O])([O-])[O-]. The minimum atomic E-state index is -5.62. The zero-order valence-electron chi connectivity index (χ0n) is 8.68. The van der Waals surface area contributed by atoms with E-state index in [0.717, 1.165) is 0 Å². The average Bonchev–Trinajstić information content (AvgIpc) is 1.41. The first kappa shape index (κ1) is 43.2. The van der Waals surface area contributed by atoms with E-state index in [1.54, 1.807) is 0 Å². The van der Waals surface area contributed by atoms with Gasteiger partial charge in [-0.05, 0) is 0 Å². The van der Waals surface area contributed by atoms with E-state index in [4.69, 9.17) is 48.1 Å². The van der Waals surface area contributed by atoms with Crippen LogP contribution in [0.15, 0.2) is 0 Å². The van der Waals surface area contributed by atoms with Crippen LogP contribution in [0.3, 0.4) is 0 Å². The molecular formula is CoKLiMn3NiO12. The summed E-state index contributed by atoms with van der Waals surface area (Å²) in [5, 5.41) is 0. The minimum absolute atomic E-state index is 0. The molecule has 0 spiro atoms. The van der Waals surface area contributed by atoms with Crippen molar-refractivity contribution < 1.29 is 192 Å². The molecule has 0 heterocycles. The van der Waals surface area contributed by atoms with Crippen LogP contribution in [0.25, 0.3) is 0 Å². The summed E-state index contributed by atoms with van der Waals surface area (Å²) in [4.78, 5) is 0. The third-order valence-electron chi connectivity index (χ3n) is 0. The fraction of sp³-hybridized carbons (Fsp3) is 0. The van der Waals surface area contributed by atoms with E-state index >= 15 is 0 Å². The summed E-state index contributed by atoms with van der Waals surface area (Å²) in [6.07, 6.45) is 0. The summed E-state index contributed by atoms with van der Waals surface area (Å²) >= 11 is -16.9. The maximum absolute atomic E-state index is 8.58. The summed E-state index contributed by atoms with van der Waals surface area (Å²) in [6.45, 7) is 0. The fourth-order valence-electron chi connectivity index (χ4n) is 0. The molecule has 0 N–H and O–H groups in total. The first-order valence-electron chi connectivity index (χ1n) is 1.85. The first-order chi connectivity index (χ1) is 6.00. The van der Waals surface area contributed by atoms with E-state index in [9.17, 15) is 0 Å². The molecule has 19 heteroatoms. The maximum atomic E-state index is 8.58. The molecule has 0 aliphatic rings. The van der Waals surface area contributed by atoms with Gasteiger partial charge in [-0.1, -0.05) is 0 Å². The normalized spacial score (nSPS) is 9.16. The predicted molar refractivity (Wildman–Crippen MR) is 4.12 cm³/mol. The Morgan fingerprint density at radius 2 is 0.526 bits per heavy atom. The number of hydrogen-bond donors (Lipinski definition) is 0. The van der Waals surface area contributed by atoms with E-state index in [2.05, 4.69) is 0 Å². The standard InChI is InChI=1S/Co.K.Li.3Mn.Ni.12O/q+2;2*+1;;;;+2;;;;;;;6*-1. The molecule has 0 aliphatic carbocycles. The summed E-state index contributed by atoms with van der Waals surface area (Å²) in [5.74, 6) is 0. The van der Waals surface area contributed by atoms with E-state index in [-0.39, 0.29) is 104 Å². The quantitative estimate of drug-likeness (QED) is 0.270. The Kier molecular flexibility index (Phi) is 44.1. The summed E-state index contributed by atoms with van der Waals surface area (Å²) in [6, 6.07) is 0. The Morgan fingerprint density at radius 1 is 0.526 bits per heavy atom. The van der Waals surface area contributed by atoms with E-state index < -0.39 is 40.1 Å². The fourth-order valence-corrected chi connectivity index (χ4v) is 0. The van der Waals surface area contributed by atoms with Crippen molar-refractivity contribution in [2.45, 2.75) is 0 Å². The van der Waals surface area contributed by atoms with Gasteiger partial charge in [0.15, 0.2) is 0 Å². The Hall–Kier alpha value is 3.35. The molecule has 0 atom stereocenters. The molecule has 0 aromatic rings. The molecule has 0 fully saturated rings. The van der Waals surface area contributed by atoms with Crippen LogP contribution in [0.5, 0.6) is 0 Å². The second-order valence-corrected chi connectivity index (χ2v) is 4.68. The molecule has 0 aromatic heterocycles. The summed E-state index contributed by atoms with van der Waals surface area (Å²) in [7, 11) is 0. The second-order valence-electron chi connectivity index (χ2n) is 1.13. The van der Waals surface area contributed by atoms with Gasteiger partial charge in [0.2, 0.25) is 0 Å². The van der Waals surface area contributed by atoms with Crippen molar-refractivity contribution in [2.75, 3.05) is 0 Å². The van der Waals surface area contributed by atoms with Crippen LogP contribution in [0, 0.1) is 0 Å². The van der Waals surface area contributed by atoms with Gasteiger partial charge in [-0.3, -0.25) is 0 Å². The van der Waals surface area contributed by atoms with Crippen LogP contribution in [0.2, 0.25) is 0 Å². The molecule has 114 valence electrons. The summed E-state index contributed by atoms with van der Waals surface area (Å²) in [5.41, 5.74) is 0. The molecule has 0 aromatic carbocycles. The molecule has 0 aliphatic heterocycles. The monoisotopic (exact) mass is 520 g/mol. The average molecular weight is 520 g/mol. The van der Waals surface area contributed by atoms with Gasteiger partial charge in [0.1, 0.15) is 0 Å². The van der Waals surface area contributed by atoms with Crippen molar-refractivity contribution in [2.24, 2.45) is 0 Å². The molecule has 0 saturated carbocycles. The van der Waals surface area contributed by atoms with Gasteiger partial charge in [-0.2, -0.15) is 0 Å². The Labute approximate surface area is 188 Å². The van der Waals surface area contributed by atoms with Crippen LogP contribution in [0.1, 0.15) is 0 Å². The molecule has 1 radical (unpaired) electrons. The van der Waals surface area contributed by atoms with Gasteiger partial charge >= 0.3 is 192 Å². The van der Waals surface area contributed by atoms with Gasteiger partial charge < -0.3 is 0 Å². The Balaban J connectivity index is -0.0000000206. The van der Waals surface area contributed by atoms with Crippen molar-refractivity contribution in [1.29, 1.82) is 0 Å². The van der Waals surface area contributed by atoms with E-state index in [0.29, 0.717) is 0 Å². The summed E-state index contributed by atoms with van der Waals surface area (Å²) < 4.78 is 103. The van der Waals surface area contributed by atoms with Crippen LogP contribution in [-0.2, 0) is 96.4 Å². The van der Waals surface area contributed by atoms with Gasteiger partial charge in [-0.25, -0.2) is 0 Å². The Morgan fingerprint density at radius 3 is 0.526 bits per heavy atom. The predicted octanol–water partition coefficient (Wildman–Crippen LogP) is -13.9. The van der Waals surface area contributed by atoms with Crippen molar-refractivity contribution in [3.63, 3.8) is 0 Å². The zero-order valence-corrected chi connectivity index (χ0v) is 17.4. The molecule has 0 bridgehead atoms. The van der Waals surface area contributed by atoms with Crippen LogP contribution >= 0.6 is 0 Å². The topological polar surface area (TPSA) is 241 Å². The van der Waals surface area contributed by atoms with Crippen molar-refractivity contribution >= 4 is 0 Å². The zero-order chi connectivity index (χ0) is 13.5. The number of hydrogen-bond acceptors (Lipinski definition) is 12. The molecule has 19 heavy (non-hydrogen) atoms. The van der Waals surface area contributed by atoms with Crippen molar-refractivity contribution in [3.05, 3.63) is 0 Å². The van der Waals surface area contributed by atoms with Crippen LogP contribution in [-0.4, -0.2) is 0 Å². The van der Waals surface area contributed by atoms with Gasteiger partial charge in [0, 0.05) is 0 Å². The van der Waals surface area contributed by atoms with Crippen molar-refractivity contribution in [1.82, 2.24) is 0 Å². The molecule has 0 rings (SSSR count). The van der Waals surface area contributed by atoms with E-state index in [1.165, 1.54) is 0 Å². The second kappa shape index (κ2) is 19.4. The number of rotatable bonds is 0. The van der Waals surface area contributed by atoms with E-state index in [1.807, 2.05) is 0 Å². The molecule has 0 unspecified atom stereocenters. The first-order valence-corrected chi connectivity index (χ1v) is 7.63. The molecule has 0 saturated heterocycles. The van der Waals surface area contributed by atoms with Crippen LogP contribution in [0.4, 0.5) is 0 Å². The van der Waals surface area contributed by atoms with Crippen molar-refractivity contribution in [3.8, 4) is 0 Å². The van der Waals surface area contributed by atoms with Gasteiger partial charge in [0.05, 0.1) is 0 Å². The molecular weight excluding hydrogens is 520 g/mol. The molecule has 0 amide bonds. The third-order valence-corrected chi connectivity index (χ3v) is 0. The molecule has 12 nitrogen and oxygen atoms in total. The third kappa shape index (κ3) is 712.